The summed E-state index contributed by atoms with van der Waals surface area (Å²) in [5.41, 5.74) is 1.46. The molecule has 1 amide bonds. The molecule has 140 valence electrons. The van der Waals surface area contributed by atoms with Crippen LogP contribution in [-0.2, 0) is 11.2 Å². The monoisotopic (exact) mass is 365 g/mol. The third-order valence-electron chi connectivity index (χ3n) is 4.69. The Morgan fingerprint density at radius 2 is 2.07 bits per heavy atom. The number of rotatable bonds is 6. The van der Waals surface area contributed by atoms with Gasteiger partial charge in [-0.25, -0.2) is 4.98 Å². The SMILES string of the molecule is COc1cccc(CC(=O)NC2CCC(Oc3ccc(C#N)cn3)CC2)c1. The van der Waals surface area contributed by atoms with Crippen molar-refractivity contribution in [3.05, 3.63) is 53.7 Å². The van der Waals surface area contributed by atoms with Crippen molar-refractivity contribution in [1.82, 2.24) is 10.3 Å². The Kier molecular flexibility index (Phi) is 6.26. The van der Waals surface area contributed by atoms with Crippen LogP contribution in [0.15, 0.2) is 42.6 Å². The van der Waals surface area contributed by atoms with E-state index in [9.17, 15) is 4.79 Å². The first kappa shape index (κ1) is 18.7. The fraction of sp³-hybridized carbons (Fsp3) is 0.381. The number of nitrogens with zero attached hydrogens (tertiary/aromatic N) is 2. The predicted octanol–water partition coefficient (Wildman–Crippen LogP) is 3.01. The second-order valence-corrected chi connectivity index (χ2v) is 6.68. The molecular formula is C21H23N3O3. The number of carbonyl (C=O) groups excluding carboxylic acids is 1. The van der Waals surface area contributed by atoms with E-state index < -0.39 is 0 Å². The van der Waals surface area contributed by atoms with E-state index in [0.717, 1.165) is 37.0 Å². The Morgan fingerprint density at radius 1 is 1.26 bits per heavy atom. The van der Waals surface area contributed by atoms with E-state index in [2.05, 4.69) is 10.3 Å². The fourth-order valence-corrected chi connectivity index (χ4v) is 3.26. The van der Waals surface area contributed by atoms with Crippen LogP contribution in [0.2, 0.25) is 0 Å². The van der Waals surface area contributed by atoms with Crippen LogP contribution in [0.5, 0.6) is 11.6 Å². The van der Waals surface area contributed by atoms with Crippen molar-refractivity contribution in [2.45, 2.75) is 44.2 Å². The second-order valence-electron chi connectivity index (χ2n) is 6.68. The number of ether oxygens (including phenoxy) is 2. The van der Waals surface area contributed by atoms with Crippen LogP contribution in [0.4, 0.5) is 0 Å². The zero-order chi connectivity index (χ0) is 19.1. The average Bonchev–Trinajstić information content (AvgIpc) is 2.70. The number of pyridine rings is 1. The molecule has 1 aliphatic carbocycles. The van der Waals surface area contributed by atoms with Gasteiger partial charge in [-0.1, -0.05) is 12.1 Å². The molecule has 1 saturated carbocycles. The number of carbonyl (C=O) groups is 1. The Labute approximate surface area is 159 Å². The van der Waals surface area contributed by atoms with Gasteiger partial charge in [0, 0.05) is 18.3 Å². The molecule has 0 aliphatic heterocycles. The van der Waals surface area contributed by atoms with Crippen molar-refractivity contribution in [2.24, 2.45) is 0 Å². The van der Waals surface area contributed by atoms with E-state index in [1.807, 2.05) is 30.3 Å². The Balaban J connectivity index is 1.43. The lowest BCUT2D eigenvalue weighted by Crippen LogP contribution is -2.40. The molecule has 0 unspecified atom stereocenters. The van der Waals surface area contributed by atoms with Gasteiger partial charge in [0.2, 0.25) is 11.8 Å². The molecule has 0 bridgehead atoms. The highest BCUT2D eigenvalue weighted by molar-refractivity contribution is 5.79. The number of nitriles is 1. The van der Waals surface area contributed by atoms with Gasteiger partial charge in [-0.3, -0.25) is 4.79 Å². The number of amides is 1. The normalized spacial score (nSPS) is 19.0. The molecule has 1 aromatic carbocycles. The number of hydrogen-bond acceptors (Lipinski definition) is 5. The lowest BCUT2D eigenvalue weighted by Gasteiger charge is -2.29. The van der Waals surface area contributed by atoms with Gasteiger partial charge in [0.25, 0.3) is 0 Å². The summed E-state index contributed by atoms with van der Waals surface area (Å²) >= 11 is 0. The van der Waals surface area contributed by atoms with Crippen molar-refractivity contribution in [3.63, 3.8) is 0 Å². The zero-order valence-electron chi connectivity index (χ0n) is 15.4. The maximum atomic E-state index is 12.3. The van der Waals surface area contributed by atoms with Gasteiger partial charge in [-0.2, -0.15) is 5.26 Å². The van der Waals surface area contributed by atoms with E-state index in [4.69, 9.17) is 14.7 Å². The summed E-state index contributed by atoms with van der Waals surface area (Å²) in [5.74, 6) is 1.33. The second kappa shape index (κ2) is 9.04. The van der Waals surface area contributed by atoms with E-state index in [1.165, 1.54) is 6.20 Å². The first-order valence-corrected chi connectivity index (χ1v) is 9.11. The molecule has 1 aromatic heterocycles. The van der Waals surface area contributed by atoms with Crippen molar-refractivity contribution in [2.75, 3.05) is 7.11 Å². The number of aromatic nitrogens is 1. The minimum Gasteiger partial charge on any atom is -0.497 e. The third-order valence-corrected chi connectivity index (χ3v) is 4.69. The van der Waals surface area contributed by atoms with E-state index in [-0.39, 0.29) is 18.1 Å². The predicted molar refractivity (Wildman–Crippen MR) is 100 cm³/mol. The minimum absolute atomic E-state index is 0.0291. The fourth-order valence-electron chi connectivity index (χ4n) is 3.26. The largest absolute Gasteiger partial charge is 0.497 e. The number of hydrogen-bond donors (Lipinski definition) is 1. The van der Waals surface area contributed by atoms with Crippen LogP contribution in [0.3, 0.4) is 0 Å². The summed E-state index contributed by atoms with van der Waals surface area (Å²) in [7, 11) is 1.62. The molecule has 6 nitrogen and oxygen atoms in total. The molecule has 1 N–H and O–H groups in total. The molecule has 2 aromatic rings. The van der Waals surface area contributed by atoms with Gasteiger partial charge in [0.05, 0.1) is 19.1 Å². The Hall–Kier alpha value is -3.07. The van der Waals surface area contributed by atoms with Crippen molar-refractivity contribution >= 4 is 5.91 Å². The van der Waals surface area contributed by atoms with Crippen LogP contribution in [0, 0.1) is 11.3 Å². The van der Waals surface area contributed by atoms with Crippen molar-refractivity contribution in [3.8, 4) is 17.7 Å². The quantitative estimate of drug-likeness (QED) is 0.851. The summed E-state index contributed by atoms with van der Waals surface area (Å²) in [4.78, 5) is 16.4. The van der Waals surface area contributed by atoms with Crippen molar-refractivity contribution in [1.29, 1.82) is 5.26 Å². The molecule has 0 saturated heterocycles. The van der Waals surface area contributed by atoms with Crippen LogP contribution in [0.25, 0.3) is 0 Å². The molecular weight excluding hydrogens is 342 g/mol. The summed E-state index contributed by atoms with van der Waals surface area (Å²) in [6.45, 7) is 0. The van der Waals surface area contributed by atoms with Crippen LogP contribution >= 0.6 is 0 Å². The molecule has 0 atom stereocenters. The first-order chi connectivity index (χ1) is 13.2. The third kappa shape index (κ3) is 5.45. The van der Waals surface area contributed by atoms with Gasteiger partial charge in [-0.05, 0) is 49.4 Å². The van der Waals surface area contributed by atoms with E-state index in [0.29, 0.717) is 17.9 Å². The Bertz CT molecular complexity index is 806. The van der Waals surface area contributed by atoms with E-state index in [1.54, 1.807) is 19.2 Å². The van der Waals surface area contributed by atoms with Crippen molar-refractivity contribution < 1.29 is 14.3 Å². The molecule has 1 fully saturated rings. The van der Waals surface area contributed by atoms with Crippen LogP contribution in [-0.4, -0.2) is 30.1 Å². The Morgan fingerprint density at radius 3 is 2.74 bits per heavy atom. The van der Waals surface area contributed by atoms with Gasteiger partial charge >= 0.3 is 0 Å². The summed E-state index contributed by atoms with van der Waals surface area (Å²) in [6, 6.07) is 13.2. The van der Waals surface area contributed by atoms with Crippen LogP contribution in [0.1, 0.15) is 36.8 Å². The lowest BCUT2D eigenvalue weighted by molar-refractivity contribution is -0.121. The standard InChI is InChI=1S/C21H23N3O3/c1-26-19-4-2-3-15(11-19)12-20(25)24-17-6-8-18(9-7-17)27-21-10-5-16(13-22)14-23-21/h2-5,10-11,14,17-18H,6-9,12H2,1H3,(H,24,25). The number of nitrogens with one attached hydrogen (secondary N) is 1. The number of methoxy groups -OCH3 is 1. The highest BCUT2D eigenvalue weighted by atomic mass is 16.5. The summed E-state index contributed by atoms with van der Waals surface area (Å²) in [5, 5.41) is 11.9. The average molecular weight is 365 g/mol. The maximum absolute atomic E-state index is 12.3. The molecule has 0 spiro atoms. The summed E-state index contributed by atoms with van der Waals surface area (Å²) in [6.07, 6.45) is 5.45. The van der Waals surface area contributed by atoms with Gasteiger partial charge in [0.15, 0.2) is 0 Å². The van der Waals surface area contributed by atoms with Crippen LogP contribution < -0.4 is 14.8 Å². The molecule has 27 heavy (non-hydrogen) atoms. The highest BCUT2D eigenvalue weighted by Crippen LogP contribution is 2.23. The minimum atomic E-state index is 0.0291. The maximum Gasteiger partial charge on any atom is 0.224 e. The molecule has 6 heteroatoms. The molecule has 1 aliphatic rings. The van der Waals surface area contributed by atoms with E-state index >= 15 is 0 Å². The first-order valence-electron chi connectivity index (χ1n) is 9.11. The zero-order valence-corrected chi connectivity index (χ0v) is 15.4. The molecule has 1 heterocycles. The molecule has 3 rings (SSSR count). The van der Waals surface area contributed by atoms with Gasteiger partial charge in [0.1, 0.15) is 17.9 Å². The smallest absolute Gasteiger partial charge is 0.224 e. The number of benzene rings is 1. The van der Waals surface area contributed by atoms with Gasteiger partial charge in [-0.15, -0.1) is 0 Å². The topological polar surface area (TPSA) is 84.2 Å². The van der Waals surface area contributed by atoms with Gasteiger partial charge < -0.3 is 14.8 Å². The lowest BCUT2D eigenvalue weighted by atomic mass is 9.92. The summed E-state index contributed by atoms with van der Waals surface area (Å²) < 4.78 is 11.1. The molecule has 0 radical (unpaired) electrons. The highest BCUT2D eigenvalue weighted by Gasteiger charge is 2.24.